The van der Waals surface area contributed by atoms with Gasteiger partial charge in [0.25, 0.3) is 0 Å². The van der Waals surface area contributed by atoms with Crippen LogP contribution in [0.2, 0.25) is 0 Å². The molecule has 1 saturated heterocycles. The minimum atomic E-state index is -0.705. The summed E-state index contributed by atoms with van der Waals surface area (Å²) in [5, 5.41) is 31.7. The Morgan fingerprint density at radius 1 is 0.974 bits per heavy atom. The molecule has 1 heterocycles. The van der Waals surface area contributed by atoms with Crippen molar-refractivity contribution >= 4 is 5.91 Å². The van der Waals surface area contributed by atoms with Gasteiger partial charge in [0.1, 0.15) is 17.3 Å². The standard InChI is InChI=1S/C32H32FNO4/c33-25-15-12-21(13-16-25)29(36)11-5-7-24-20-31(38)34(26-8-2-1-3-9-26)32(24)28-17-14-23(19-30(28)37)22-6-4-10-27(35)18-22/h1-4,6,8,10,12-19,24,26,29,32,35-37H,5,7,9,11,20H2. The van der Waals surface area contributed by atoms with E-state index in [9.17, 15) is 24.5 Å². The molecule has 5 nitrogen and oxygen atoms in total. The van der Waals surface area contributed by atoms with E-state index in [-0.39, 0.29) is 41.2 Å². The van der Waals surface area contributed by atoms with Crippen LogP contribution >= 0.6 is 0 Å². The van der Waals surface area contributed by atoms with Gasteiger partial charge >= 0.3 is 0 Å². The summed E-state index contributed by atoms with van der Waals surface area (Å²) >= 11 is 0. The van der Waals surface area contributed by atoms with Crippen LogP contribution in [0.4, 0.5) is 4.39 Å². The van der Waals surface area contributed by atoms with Gasteiger partial charge in [-0.3, -0.25) is 4.79 Å². The first-order valence-electron chi connectivity index (χ1n) is 13.1. The average Bonchev–Trinajstić information content (AvgIpc) is 3.24. The van der Waals surface area contributed by atoms with E-state index in [1.807, 2.05) is 47.4 Å². The van der Waals surface area contributed by atoms with Crippen LogP contribution in [-0.4, -0.2) is 32.2 Å². The van der Waals surface area contributed by atoms with E-state index in [4.69, 9.17) is 0 Å². The van der Waals surface area contributed by atoms with Crippen molar-refractivity contribution < 1.29 is 24.5 Å². The van der Waals surface area contributed by atoms with Crippen LogP contribution in [0.3, 0.4) is 0 Å². The number of rotatable bonds is 8. The molecule has 3 aromatic carbocycles. The van der Waals surface area contributed by atoms with E-state index in [1.54, 1.807) is 36.4 Å². The lowest BCUT2D eigenvalue weighted by molar-refractivity contribution is -0.130. The second-order valence-electron chi connectivity index (χ2n) is 10.1. The van der Waals surface area contributed by atoms with E-state index in [0.717, 1.165) is 17.5 Å². The molecule has 4 unspecified atom stereocenters. The van der Waals surface area contributed by atoms with Crippen LogP contribution in [-0.2, 0) is 4.79 Å². The largest absolute Gasteiger partial charge is 0.508 e. The van der Waals surface area contributed by atoms with Gasteiger partial charge in [0.05, 0.1) is 18.2 Å². The summed E-state index contributed by atoms with van der Waals surface area (Å²) in [6, 6.07) is 17.9. The van der Waals surface area contributed by atoms with Gasteiger partial charge in [0, 0.05) is 12.0 Å². The van der Waals surface area contributed by atoms with Crippen LogP contribution in [0, 0.1) is 11.7 Å². The third-order valence-electron chi connectivity index (χ3n) is 7.62. The number of allylic oxidation sites excluding steroid dienone is 2. The number of hydrogen-bond acceptors (Lipinski definition) is 4. The summed E-state index contributed by atoms with van der Waals surface area (Å²) in [7, 11) is 0. The Hall–Kier alpha value is -3.90. The van der Waals surface area contributed by atoms with Gasteiger partial charge in [0.15, 0.2) is 0 Å². The van der Waals surface area contributed by atoms with Gasteiger partial charge < -0.3 is 20.2 Å². The highest BCUT2D eigenvalue weighted by Gasteiger charge is 2.44. The summed E-state index contributed by atoms with van der Waals surface area (Å²) in [5.41, 5.74) is 2.94. The quantitative estimate of drug-likeness (QED) is 0.318. The number of amides is 1. The molecule has 3 aromatic rings. The van der Waals surface area contributed by atoms with Gasteiger partial charge in [-0.15, -0.1) is 0 Å². The van der Waals surface area contributed by atoms with Crippen LogP contribution in [0.25, 0.3) is 11.1 Å². The molecule has 1 amide bonds. The summed E-state index contributed by atoms with van der Waals surface area (Å²) < 4.78 is 13.3. The zero-order valence-electron chi connectivity index (χ0n) is 21.1. The molecule has 0 saturated carbocycles. The van der Waals surface area contributed by atoms with Gasteiger partial charge in [-0.05, 0) is 72.2 Å². The molecule has 1 aliphatic carbocycles. The number of carbonyl (C=O) groups excluding carboxylic acids is 1. The minimum Gasteiger partial charge on any atom is -0.508 e. The zero-order chi connectivity index (χ0) is 26.6. The molecule has 0 bridgehead atoms. The van der Waals surface area contributed by atoms with Crippen molar-refractivity contribution in [3.63, 3.8) is 0 Å². The number of nitrogens with zero attached hydrogens (tertiary/aromatic N) is 1. The van der Waals surface area contributed by atoms with Crippen molar-refractivity contribution in [2.24, 2.45) is 5.92 Å². The van der Waals surface area contributed by atoms with Gasteiger partial charge in [-0.1, -0.05) is 67.1 Å². The minimum absolute atomic E-state index is 0.0280. The van der Waals surface area contributed by atoms with E-state index < -0.39 is 6.10 Å². The Kier molecular flexibility index (Phi) is 7.61. The molecule has 1 fully saturated rings. The average molecular weight is 514 g/mol. The van der Waals surface area contributed by atoms with Crippen LogP contribution < -0.4 is 0 Å². The van der Waals surface area contributed by atoms with Crippen molar-refractivity contribution in [2.45, 2.75) is 50.3 Å². The fourth-order valence-corrected chi connectivity index (χ4v) is 5.74. The number of likely N-dealkylation sites (tertiary alicyclic amines) is 1. The summed E-state index contributed by atoms with van der Waals surface area (Å²) in [6.45, 7) is 0. The Bertz CT molecular complexity index is 1350. The Balaban J connectivity index is 1.39. The maximum absolute atomic E-state index is 13.3. The fraction of sp³-hybridized carbons (Fsp3) is 0.281. The predicted octanol–water partition coefficient (Wildman–Crippen LogP) is 6.58. The molecule has 38 heavy (non-hydrogen) atoms. The van der Waals surface area contributed by atoms with E-state index in [0.29, 0.717) is 36.8 Å². The van der Waals surface area contributed by atoms with E-state index >= 15 is 0 Å². The lowest BCUT2D eigenvalue weighted by Crippen LogP contribution is -2.38. The van der Waals surface area contributed by atoms with Crippen molar-refractivity contribution in [1.82, 2.24) is 4.90 Å². The normalized spacial score (nSPS) is 21.7. The maximum Gasteiger partial charge on any atom is 0.223 e. The van der Waals surface area contributed by atoms with Crippen molar-refractivity contribution in [2.75, 3.05) is 0 Å². The second kappa shape index (κ2) is 11.2. The maximum atomic E-state index is 13.3. The molecule has 3 N–H and O–H groups in total. The number of hydrogen-bond donors (Lipinski definition) is 3. The highest BCUT2D eigenvalue weighted by atomic mass is 19.1. The molecule has 2 aliphatic rings. The molecule has 5 rings (SSSR count). The summed E-state index contributed by atoms with van der Waals surface area (Å²) in [4.78, 5) is 15.2. The first kappa shape index (κ1) is 25.7. The highest BCUT2D eigenvalue weighted by Crippen LogP contribution is 2.46. The van der Waals surface area contributed by atoms with Gasteiger partial charge in [-0.25, -0.2) is 4.39 Å². The molecular weight excluding hydrogens is 481 g/mol. The number of carbonyl (C=O) groups is 1. The van der Waals surface area contributed by atoms with Gasteiger partial charge in [-0.2, -0.15) is 0 Å². The number of aliphatic hydroxyl groups is 1. The third-order valence-corrected chi connectivity index (χ3v) is 7.62. The molecule has 0 aromatic heterocycles. The molecule has 1 aliphatic heterocycles. The first-order chi connectivity index (χ1) is 18.4. The number of halogens is 1. The van der Waals surface area contributed by atoms with Gasteiger partial charge in [0.2, 0.25) is 5.91 Å². The fourth-order valence-electron chi connectivity index (χ4n) is 5.74. The molecule has 196 valence electrons. The van der Waals surface area contributed by atoms with E-state index in [1.165, 1.54) is 12.1 Å². The van der Waals surface area contributed by atoms with Crippen molar-refractivity contribution in [1.29, 1.82) is 0 Å². The molecular formula is C32H32FNO4. The summed E-state index contributed by atoms with van der Waals surface area (Å²) in [5.74, 6) is -0.0454. The number of phenols is 2. The molecule has 4 atom stereocenters. The number of phenolic OH excluding ortho intramolecular Hbond substituents is 2. The predicted molar refractivity (Wildman–Crippen MR) is 145 cm³/mol. The van der Waals surface area contributed by atoms with E-state index in [2.05, 4.69) is 0 Å². The second-order valence-corrected chi connectivity index (χ2v) is 10.1. The smallest absolute Gasteiger partial charge is 0.223 e. The van der Waals surface area contributed by atoms with Crippen molar-refractivity contribution in [3.05, 3.63) is 108 Å². The lowest BCUT2D eigenvalue weighted by Gasteiger charge is -2.35. The molecule has 6 heteroatoms. The highest BCUT2D eigenvalue weighted by molar-refractivity contribution is 5.81. The Morgan fingerprint density at radius 3 is 2.47 bits per heavy atom. The monoisotopic (exact) mass is 513 g/mol. The SMILES string of the molecule is O=C1CC(CCCC(O)c2ccc(F)cc2)C(c2ccc(-c3cccc(O)c3)cc2O)N1C1C=CC=CC1. The summed E-state index contributed by atoms with van der Waals surface area (Å²) in [6.07, 6.45) is 10.3. The van der Waals surface area contributed by atoms with Crippen molar-refractivity contribution in [3.8, 4) is 22.6 Å². The Labute approximate surface area is 222 Å². The number of aliphatic hydroxyl groups excluding tert-OH is 1. The Morgan fingerprint density at radius 2 is 1.76 bits per heavy atom. The zero-order valence-corrected chi connectivity index (χ0v) is 21.1. The third kappa shape index (κ3) is 5.50. The number of benzene rings is 3. The lowest BCUT2D eigenvalue weighted by atomic mass is 9.86. The van der Waals surface area contributed by atoms with Crippen LogP contribution in [0.15, 0.2) is 91.0 Å². The molecule has 0 spiro atoms. The van der Waals surface area contributed by atoms with Crippen LogP contribution in [0.1, 0.15) is 55.4 Å². The number of aromatic hydroxyl groups is 2. The first-order valence-corrected chi connectivity index (χ1v) is 13.1. The van der Waals surface area contributed by atoms with Crippen LogP contribution in [0.5, 0.6) is 11.5 Å². The molecule has 0 radical (unpaired) electrons. The topological polar surface area (TPSA) is 81.0 Å².